The van der Waals surface area contributed by atoms with Gasteiger partial charge in [0.2, 0.25) is 0 Å². The van der Waals surface area contributed by atoms with Crippen molar-refractivity contribution in [3.8, 4) is 5.75 Å². The molecule has 2 aromatic rings. The molecule has 0 fully saturated rings. The number of amides is 2. The number of rotatable bonds is 8. The fourth-order valence-corrected chi connectivity index (χ4v) is 3.28. The fraction of sp³-hybridized carbons (Fsp3) is 0.478. The summed E-state index contributed by atoms with van der Waals surface area (Å²) < 4.78 is 16.5. The summed E-state index contributed by atoms with van der Waals surface area (Å²) in [6.45, 7) is 7.11. The Balaban J connectivity index is 1.42. The number of unbranched alkanes of at least 4 members (excludes halogenated alkanes) is 1. The summed E-state index contributed by atoms with van der Waals surface area (Å²) in [6, 6.07) is 11.3. The van der Waals surface area contributed by atoms with Gasteiger partial charge in [0.1, 0.15) is 17.5 Å². The molecule has 7 nitrogen and oxygen atoms in total. The van der Waals surface area contributed by atoms with Crippen molar-refractivity contribution in [2.24, 2.45) is 0 Å². The molecule has 0 saturated heterocycles. The maximum atomic E-state index is 12.6. The number of para-hydroxylation sites is 1. The van der Waals surface area contributed by atoms with Crippen LogP contribution in [0, 0.1) is 0 Å². The largest absolute Gasteiger partial charge is 0.488 e. The molecular formula is C23H30N2O5. The number of nitrogens with zero attached hydrogens (tertiary/aromatic N) is 1. The van der Waals surface area contributed by atoms with Crippen LogP contribution in [0.5, 0.6) is 5.75 Å². The van der Waals surface area contributed by atoms with Gasteiger partial charge in [0.15, 0.2) is 5.76 Å². The third kappa shape index (κ3) is 6.10. The minimum atomic E-state index is -0.681. The van der Waals surface area contributed by atoms with Crippen LogP contribution >= 0.6 is 0 Å². The zero-order valence-corrected chi connectivity index (χ0v) is 17.8. The molecule has 162 valence electrons. The molecule has 1 aliphatic rings. The quantitative estimate of drug-likeness (QED) is 0.657. The first-order valence-corrected chi connectivity index (χ1v) is 10.4. The minimum Gasteiger partial charge on any atom is -0.488 e. The first-order chi connectivity index (χ1) is 14.3. The number of hydrogen-bond acceptors (Lipinski definition) is 6. The lowest BCUT2D eigenvalue weighted by atomic mass is 10.1. The number of ether oxygens (including phenoxy) is 2. The topological polar surface area (TPSA) is 81.0 Å². The van der Waals surface area contributed by atoms with Gasteiger partial charge in [-0.15, -0.1) is 0 Å². The number of furan rings is 1. The van der Waals surface area contributed by atoms with E-state index in [2.05, 4.69) is 11.4 Å². The Kier molecular flexibility index (Phi) is 7.15. The number of nitrogens with one attached hydrogen (secondary N) is 1. The molecule has 1 aliphatic heterocycles. The van der Waals surface area contributed by atoms with E-state index in [0.717, 1.165) is 36.6 Å². The van der Waals surface area contributed by atoms with Gasteiger partial charge >= 0.3 is 6.09 Å². The van der Waals surface area contributed by atoms with Crippen LogP contribution < -0.4 is 10.1 Å². The molecule has 1 unspecified atom stereocenters. The molecule has 0 aliphatic carbocycles. The molecule has 3 rings (SSSR count). The average Bonchev–Trinajstić information content (AvgIpc) is 3.35. The number of fused-ring (bicyclic) bond motifs is 1. The minimum absolute atomic E-state index is 0.122. The van der Waals surface area contributed by atoms with E-state index in [1.165, 1.54) is 11.8 Å². The van der Waals surface area contributed by atoms with Gasteiger partial charge in [-0.25, -0.2) is 9.69 Å². The highest BCUT2D eigenvalue weighted by atomic mass is 16.6. The van der Waals surface area contributed by atoms with Crippen molar-refractivity contribution in [3.05, 3.63) is 54.0 Å². The van der Waals surface area contributed by atoms with Gasteiger partial charge in [0.25, 0.3) is 5.91 Å². The van der Waals surface area contributed by atoms with Crippen molar-refractivity contribution in [2.45, 2.75) is 51.7 Å². The zero-order chi connectivity index (χ0) is 21.6. The van der Waals surface area contributed by atoms with Crippen LogP contribution in [0.2, 0.25) is 0 Å². The second-order valence-corrected chi connectivity index (χ2v) is 8.38. The van der Waals surface area contributed by atoms with E-state index in [9.17, 15) is 9.59 Å². The Morgan fingerprint density at radius 1 is 1.17 bits per heavy atom. The number of carbonyl (C=O) groups excluding carboxylic acids is 2. The molecule has 0 saturated carbocycles. The number of carbonyl (C=O) groups is 2. The molecule has 1 aromatic carbocycles. The second-order valence-electron chi connectivity index (χ2n) is 8.38. The van der Waals surface area contributed by atoms with Crippen LogP contribution in [-0.4, -0.2) is 48.2 Å². The molecule has 0 bridgehead atoms. The first kappa shape index (κ1) is 21.9. The van der Waals surface area contributed by atoms with Crippen LogP contribution in [0.25, 0.3) is 0 Å². The monoisotopic (exact) mass is 414 g/mol. The Hall–Kier alpha value is -2.80. The van der Waals surface area contributed by atoms with E-state index in [0.29, 0.717) is 6.42 Å². The number of imide groups is 1. The normalized spacial score (nSPS) is 15.4. The summed E-state index contributed by atoms with van der Waals surface area (Å²) >= 11 is 0. The Morgan fingerprint density at radius 3 is 2.67 bits per heavy atom. The SMILES string of the molecule is CC(C)(C)OC(=O)N(CCCCNCC1Cc2ccccc2O1)C(=O)c1ccco1. The van der Waals surface area contributed by atoms with Crippen LogP contribution in [0.4, 0.5) is 4.79 Å². The van der Waals surface area contributed by atoms with Gasteiger partial charge in [-0.2, -0.15) is 0 Å². The molecule has 1 N–H and O–H groups in total. The van der Waals surface area contributed by atoms with E-state index in [1.54, 1.807) is 32.9 Å². The third-order valence-corrected chi connectivity index (χ3v) is 4.66. The molecular weight excluding hydrogens is 384 g/mol. The first-order valence-electron chi connectivity index (χ1n) is 10.4. The molecule has 0 spiro atoms. The van der Waals surface area contributed by atoms with E-state index < -0.39 is 17.6 Å². The summed E-state index contributed by atoms with van der Waals surface area (Å²) in [5.74, 6) is 0.602. The smallest absolute Gasteiger partial charge is 0.417 e. The summed E-state index contributed by atoms with van der Waals surface area (Å²) in [4.78, 5) is 26.3. The summed E-state index contributed by atoms with van der Waals surface area (Å²) in [7, 11) is 0. The van der Waals surface area contributed by atoms with Crippen molar-refractivity contribution < 1.29 is 23.5 Å². The van der Waals surface area contributed by atoms with Crippen LogP contribution in [-0.2, 0) is 11.2 Å². The Labute approximate surface area is 177 Å². The van der Waals surface area contributed by atoms with Crippen molar-refractivity contribution in [1.29, 1.82) is 0 Å². The summed E-state index contributed by atoms with van der Waals surface area (Å²) in [6.07, 6.45) is 3.27. The van der Waals surface area contributed by atoms with Gasteiger partial charge in [-0.1, -0.05) is 18.2 Å². The second kappa shape index (κ2) is 9.80. The van der Waals surface area contributed by atoms with Crippen molar-refractivity contribution in [2.75, 3.05) is 19.6 Å². The highest BCUT2D eigenvalue weighted by molar-refractivity contribution is 6.01. The van der Waals surface area contributed by atoms with Gasteiger partial charge in [0.05, 0.1) is 6.26 Å². The third-order valence-electron chi connectivity index (χ3n) is 4.66. The molecule has 0 radical (unpaired) electrons. The molecule has 1 aromatic heterocycles. The van der Waals surface area contributed by atoms with Crippen molar-refractivity contribution in [1.82, 2.24) is 10.2 Å². The standard InChI is InChI=1S/C23H30N2O5/c1-23(2,3)30-22(27)25(21(26)20-11-8-14-28-20)13-7-6-12-24-16-18-15-17-9-4-5-10-19(17)29-18/h4-5,8-11,14,18,24H,6-7,12-13,15-16H2,1-3H3. The predicted octanol–water partition coefficient (Wildman–Crippen LogP) is 4.03. The van der Waals surface area contributed by atoms with Crippen molar-refractivity contribution >= 4 is 12.0 Å². The van der Waals surface area contributed by atoms with Gasteiger partial charge in [-0.3, -0.25) is 4.79 Å². The summed E-state index contributed by atoms with van der Waals surface area (Å²) in [5, 5.41) is 3.40. The van der Waals surface area contributed by atoms with Gasteiger partial charge < -0.3 is 19.2 Å². The highest BCUT2D eigenvalue weighted by Crippen LogP contribution is 2.27. The summed E-state index contributed by atoms with van der Waals surface area (Å²) in [5.41, 5.74) is 0.563. The van der Waals surface area contributed by atoms with E-state index in [4.69, 9.17) is 13.9 Å². The van der Waals surface area contributed by atoms with Gasteiger partial charge in [0, 0.05) is 19.5 Å². The van der Waals surface area contributed by atoms with Crippen LogP contribution in [0.3, 0.4) is 0 Å². The Bertz CT molecular complexity index is 817. The Morgan fingerprint density at radius 2 is 1.97 bits per heavy atom. The maximum Gasteiger partial charge on any atom is 0.417 e. The average molecular weight is 415 g/mol. The predicted molar refractivity (Wildman–Crippen MR) is 113 cm³/mol. The van der Waals surface area contributed by atoms with Crippen LogP contribution in [0.1, 0.15) is 49.7 Å². The zero-order valence-electron chi connectivity index (χ0n) is 17.8. The van der Waals surface area contributed by atoms with Crippen molar-refractivity contribution in [3.63, 3.8) is 0 Å². The highest BCUT2D eigenvalue weighted by Gasteiger charge is 2.29. The molecule has 7 heteroatoms. The van der Waals surface area contributed by atoms with Gasteiger partial charge in [-0.05, 0) is 63.9 Å². The molecule has 1 atom stereocenters. The lowest BCUT2D eigenvalue weighted by Gasteiger charge is -2.25. The lowest BCUT2D eigenvalue weighted by Crippen LogP contribution is -2.41. The van der Waals surface area contributed by atoms with E-state index in [-0.39, 0.29) is 18.4 Å². The molecule has 2 amide bonds. The van der Waals surface area contributed by atoms with Crippen LogP contribution in [0.15, 0.2) is 47.1 Å². The molecule has 2 heterocycles. The van der Waals surface area contributed by atoms with E-state index >= 15 is 0 Å². The molecule has 30 heavy (non-hydrogen) atoms. The van der Waals surface area contributed by atoms with E-state index in [1.807, 2.05) is 18.2 Å². The fourth-order valence-electron chi connectivity index (χ4n) is 3.28. The number of hydrogen-bond donors (Lipinski definition) is 1. The maximum absolute atomic E-state index is 12.6. The lowest BCUT2D eigenvalue weighted by molar-refractivity contribution is 0.0228. The number of benzene rings is 1.